The van der Waals surface area contributed by atoms with Gasteiger partial charge in [-0.2, -0.15) is 0 Å². The third-order valence-electron chi connectivity index (χ3n) is 1.95. The van der Waals surface area contributed by atoms with Crippen molar-refractivity contribution < 1.29 is 4.79 Å². The molecule has 17 heavy (non-hydrogen) atoms. The molecule has 1 heterocycles. The SMILES string of the molecule is CCNC(=O)CNc1cc(NC)nc(SC)n1. The average Bonchev–Trinajstić information content (AvgIpc) is 2.36. The predicted molar refractivity (Wildman–Crippen MR) is 70.5 cm³/mol. The van der Waals surface area contributed by atoms with E-state index in [1.165, 1.54) is 11.8 Å². The summed E-state index contributed by atoms with van der Waals surface area (Å²) in [5.41, 5.74) is 0. The third-order valence-corrected chi connectivity index (χ3v) is 2.50. The second-order valence-electron chi connectivity index (χ2n) is 3.18. The Morgan fingerprint density at radius 2 is 2.12 bits per heavy atom. The minimum atomic E-state index is -0.0529. The molecular weight excluding hydrogens is 238 g/mol. The van der Waals surface area contributed by atoms with Crippen LogP contribution in [0.25, 0.3) is 0 Å². The molecule has 0 radical (unpaired) electrons. The molecule has 0 unspecified atom stereocenters. The molecule has 0 aromatic carbocycles. The van der Waals surface area contributed by atoms with Gasteiger partial charge in [0.05, 0.1) is 6.54 Å². The van der Waals surface area contributed by atoms with E-state index in [0.717, 1.165) is 5.82 Å². The lowest BCUT2D eigenvalue weighted by molar-refractivity contribution is -0.119. The number of aromatic nitrogens is 2. The van der Waals surface area contributed by atoms with Crippen LogP contribution >= 0.6 is 11.8 Å². The molecule has 1 rings (SSSR count). The highest BCUT2D eigenvalue weighted by Crippen LogP contribution is 2.16. The van der Waals surface area contributed by atoms with Crippen LogP contribution in [0.4, 0.5) is 11.6 Å². The van der Waals surface area contributed by atoms with E-state index in [-0.39, 0.29) is 12.5 Å². The van der Waals surface area contributed by atoms with Gasteiger partial charge in [0.25, 0.3) is 0 Å². The topological polar surface area (TPSA) is 78.9 Å². The first-order chi connectivity index (χ1) is 8.19. The third kappa shape index (κ3) is 4.48. The van der Waals surface area contributed by atoms with Crippen LogP contribution in [-0.4, -0.2) is 42.3 Å². The van der Waals surface area contributed by atoms with Crippen molar-refractivity contribution in [3.8, 4) is 0 Å². The molecule has 0 aliphatic carbocycles. The molecule has 0 saturated carbocycles. The van der Waals surface area contributed by atoms with Crippen LogP contribution in [0.3, 0.4) is 0 Å². The highest BCUT2D eigenvalue weighted by molar-refractivity contribution is 7.98. The monoisotopic (exact) mass is 255 g/mol. The maximum absolute atomic E-state index is 11.3. The van der Waals surface area contributed by atoms with Gasteiger partial charge < -0.3 is 16.0 Å². The van der Waals surface area contributed by atoms with E-state index in [1.807, 2.05) is 13.2 Å². The van der Waals surface area contributed by atoms with Crippen molar-refractivity contribution >= 4 is 29.3 Å². The Morgan fingerprint density at radius 1 is 1.41 bits per heavy atom. The number of rotatable bonds is 6. The van der Waals surface area contributed by atoms with Crippen molar-refractivity contribution in [2.75, 3.05) is 37.0 Å². The van der Waals surface area contributed by atoms with E-state index >= 15 is 0 Å². The molecule has 1 aromatic heterocycles. The van der Waals surface area contributed by atoms with Gasteiger partial charge in [0.2, 0.25) is 5.91 Å². The molecule has 1 aromatic rings. The van der Waals surface area contributed by atoms with Crippen LogP contribution < -0.4 is 16.0 Å². The molecule has 0 bridgehead atoms. The van der Waals surface area contributed by atoms with Crippen molar-refractivity contribution in [2.24, 2.45) is 0 Å². The maximum atomic E-state index is 11.3. The molecule has 0 aliphatic rings. The predicted octanol–water partition coefficient (Wildman–Crippen LogP) is 0.788. The van der Waals surface area contributed by atoms with Gasteiger partial charge in [-0.3, -0.25) is 4.79 Å². The summed E-state index contributed by atoms with van der Waals surface area (Å²) >= 11 is 1.45. The van der Waals surface area contributed by atoms with E-state index in [4.69, 9.17) is 0 Å². The molecule has 0 spiro atoms. The highest BCUT2D eigenvalue weighted by Gasteiger charge is 2.04. The Hall–Kier alpha value is -1.50. The number of anilines is 2. The minimum absolute atomic E-state index is 0.0529. The fraction of sp³-hybridized carbons (Fsp3) is 0.500. The summed E-state index contributed by atoms with van der Waals surface area (Å²) in [6.45, 7) is 2.72. The van der Waals surface area contributed by atoms with Crippen molar-refractivity contribution in [2.45, 2.75) is 12.1 Å². The zero-order chi connectivity index (χ0) is 12.7. The Morgan fingerprint density at radius 3 is 2.71 bits per heavy atom. The molecule has 6 nitrogen and oxygen atoms in total. The second-order valence-corrected chi connectivity index (χ2v) is 3.96. The molecule has 0 fully saturated rings. The number of thioether (sulfide) groups is 1. The van der Waals surface area contributed by atoms with Crippen LogP contribution in [0.15, 0.2) is 11.2 Å². The molecule has 0 aliphatic heterocycles. The first-order valence-electron chi connectivity index (χ1n) is 5.31. The van der Waals surface area contributed by atoms with Crippen LogP contribution in [0, 0.1) is 0 Å². The van der Waals surface area contributed by atoms with Gasteiger partial charge >= 0.3 is 0 Å². The first kappa shape index (κ1) is 13.6. The highest BCUT2D eigenvalue weighted by atomic mass is 32.2. The summed E-state index contributed by atoms with van der Waals surface area (Å²) < 4.78 is 0. The zero-order valence-corrected chi connectivity index (χ0v) is 11.0. The number of nitrogens with zero attached hydrogens (tertiary/aromatic N) is 2. The Balaban J connectivity index is 2.66. The second kappa shape index (κ2) is 6.95. The summed E-state index contributed by atoms with van der Waals surface area (Å²) in [7, 11) is 1.79. The average molecular weight is 255 g/mol. The largest absolute Gasteiger partial charge is 0.373 e. The van der Waals surface area contributed by atoms with E-state index in [2.05, 4.69) is 25.9 Å². The summed E-state index contributed by atoms with van der Waals surface area (Å²) in [6.07, 6.45) is 1.91. The maximum Gasteiger partial charge on any atom is 0.239 e. The lowest BCUT2D eigenvalue weighted by atomic mass is 10.5. The lowest BCUT2D eigenvalue weighted by Gasteiger charge is -2.08. The number of carbonyl (C=O) groups is 1. The summed E-state index contributed by atoms with van der Waals surface area (Å²) in [6, 6.07) is 1.76. The number of carbonyl (C=O) groups excluding carboxylic acids is 1. The van der Waals surface area contributed by atoms with Crippen LogP contribution in [0.1, 0.15) is 6.92 Å². The summed E-state index contributed by atoms with van der Waals surface area (Å²) in [5.74, 6) is 1.31. The van der Waals surface area contributed by atoms with Gasteiger partial charge in [-0.05, 0) is 13.2 Å². The molecule has 3 N–H and O–H groups in total. The standard InChI is InChI=1S/C10H17N5OS/c1-4-12-9(16)6-13-8-5-7(11-2)14-10(15-8)17-3/h5H,4,6H2,1-3H3,(H,12,16)(H2,11,13,14,15). The molecule has 0 atom stereocenters. The molecule has 0 saturated heterocycles. The first-order valence-corrected chi connectivity index (χ1v) is 6.53. The van der Waals surface area contributed by atoms with Crippen molar-refractivity contribution in [1.82, 2.24) is 15.3 Å². The summed E-state index contributed by atoms with van der Waals surface area (Å²) in [4.78, 5) is 19.8. The van der Waals surface area contributed by atoms with Crippen molar-refractivity contribution in [3.63, 3.8) is 0 Å². The number of nitrogens with one attached hydrogen (secondary N) is 3. The fourth-order valence-electron chi connectivity index (χ4n) is 1.17. The number of hydrogen-bond acceptors (Lipinski definition) is 6. The normalized spacial score (nSPS) is 9.82. The number of amides is 1. The molecular formula is C10H17N5OS. The molecule has 7 heteroatoms. The van der Waals surface area contributed by atoms with Crippen LogP contribution in [0.5, 0.6) is 0 Å². The van der Waals surface area contributed by atoms with Gasteiger partial charge in [-0.25, -0.2) is 9.97 Å². The molecule has 94 valence electrons. The molecule has 1 amide bonds. The minimum Gasteiger partial charge on any atom is -0.373 e. The number of hydrogen-bond donors (Lipinski definition) is 3. The van der Waals surface area contributed by atoms with E-state index < -0.39 is 0 Å². The van der Waals surface area contributed by atoms with Crippen LogP contribution in [-0.2, 0) is 4.79 Å². The van der Waals surface area contributed by atoms with Crippen molar-refractivity contribution in [3.05, 3.63) is 6.07 Å². The van der Waals surface area contributed by atoms with E-state index in [0.29, 0.717) is 17.5 Å². The summed E-state index contributed by atoms with van der Waals surface area (Å²) in [5, 5.41) is 9.28. The number of likely N-dealkylation sites (N-methyl/N-ethyl adjacent to an activating group) is 1. The van der Waals surface area contributed by atoms with Gasteiger partial charge in [0.1, 0.15) is 11.6 Å². The zero-order valence-electron chi connectivity index (χ0n) is 10.2. The van der Waals surface area contributed by atoms with Crippen molar-refractivity contribution in [1.29, 1.82) is 0 Å². The lowest BCUT2D eigenvalue weighted by Crippen LogP contribution is -2.29. The van der Waals surface area contributed by atoms with Gasteiger partial charge in [0.15, 0.2) is 5.16 Å². The van der Waals surface area contributed by atoms with Gasteiger partial charge in [-0.1, -0.05) is 11.8 Å². The quantitative estimate of drug-likeness (QED) is 0.515. The Kier molecular flexibility index (Phi) is 5.55. The smallest absolute Gasteiger partial charge is 0.239 e. The van der Waals surface area contributed by atoms with Gasteiger partial charge in [0, 0.05) is 19.7 Å². The fourth-order valence-corrected chi connectivity index (χ4v) is 1.54. The van der Waals surface area contributed by atoms with Gasteiger partial charge in [-0.15, -0.1) is 0 Å². The van der Waals surface area contributed by atoms with Crippen LogP contribution in [0.2, 0.25) is 0 Å². The van der Waals surface area contributed by atoms with E-state index in [9.17, 15) is 4.79 Å². The Labute approximate surface area is 105 Å². The van der Waals surface area contributed by atoms with E-state index in [1.54, 1.807) is 13.1 Å². The Bertz CT molecular complexity index is 363.